The van der Waals surface area contributed by atoms with Gasteiger partial charge in [-0.25, -0.2) is 4.18 Å². The van der Waals surface area contributed by atoms with Crippen molar-refractivity contribution >= 4 is 33.1 Å². The Morgan fingerprint density at radius 1 is 0.718 bits per heavy atom. The van der Waals surface area contributed by atoms with E-state index in [9.17, 15) is 8.42 Å². The van der Waals surface area contributed by atoms with Crippen LogP contribution in [0.15, 0.2) is 35.2 Å². The minimum atomic E-state index is -4.06. The summed E-state index contributed by atoms with van der Waals surface area (Å²) in [5, 5.41) is 0.387. The predicted molar refractivity (Wildman–Crippen MR) is 150 cm³/mol. The first-order chi connectivity index (χ1) is 19.0. The van der Waals surface area contributed by atoms with Crippen LogP contribution in [0.2, 0.25) is 5.02 Å². The van der Waals surface area contributed by atoms with E-state index in [0.717, 1.165) is 100 Å². The molecule has 8 heteroatoms. The zero-order valence-electron chi connectivity index (χ0n) is 21.7. The minimum absolute atomic E-state index is 0.162. The van der Waals surface area contributed by atoms with Crippen molar-refractivity contribution < 1.29 is 17.3 Å². The Bertz CT molecular complexity index is 1650. The highest BCUT2D eigenvalue weighted by Gasteiger charge is 2.57. The molecule has 0 aromatic heterocycles. The van der Waals surface area contributed by atoms with Crippen LogP contribution in [0, 0.1) is 0 Å². The van der Waals surface area contributed by atoms with E-state index in [0.29, 0.717) is 10.6 Å². The lowest BCUT2D eigenvalue weighted by molar-refractivity contribution is 0.162. The van der Waals surface area contributed by atoms with Crippen molar-refractivity contribution in [2.45, 2.75) is 61.9 Å². The molecule has 0 amide bonds. The average molecular weight is 561 g/mol. The fourth-order valence-electron chi connectivity index (χ4n) is 8.29. The summed E-state index contributed by atoms with van der Waals surface area (Å²) in [6.07, 6.45) is 8.08. The third kappa shape index (κ3) is 2.89. The maximum Gasteiger partial charge on any atom is 0.298 e. The normalized spacial score (nSPS) is 22.4. The summed E-state index contributed by atoms with van der Waals surface area (Å²) >= 11 is 6.36. The van der Waals surface area contributed by atoms with Gasteiger partial charge in [0.2, 0.25) is 0 Å². The summed E-state index contributed by atoms with van der Waals surface area (Å²) in [7, 11) is -4.06. The van der Waals surface area contributed by atoms with E-state index in [1.54, 1.807) is 12.1 Å². The largest absolute Gasteiger partial charge is 0.456 e. The Hall–Kier alpha value is -2.74. The molecule has 6 nitrogen and oxygen atoms in total. The van der Waals surface area contributed by atoms with Crippen LogP contribution in [-0.2, 0) is 45.6 Å². The number of fused-ring (bicyclic) bond motifs is 8. The Morgan fingerprint density at radius 3 is 1.82 bits per heavy atom. The molecule has 1 spiro atoms. The summed E-state index contributed by atoms with van der Waals surface area (Å²) in [5.41, 5.74) is 8.57. The van der Waals surface area contributed by atoms with E-state index in [1.807, 2.05) is 6.07 Å². The fraction of sp³-hybridized carbons (Fsp3) is 0.419. The zero-order chi connectivity index (χ0) is 26.1. The van der Waals surface area contributed by atoms with Gasteiger partial charge >= 0.3 is 0 Å². The highest BCUT2D eigenvalue weighted by atomic mass is 35.5. The number of halogens is 1. The second-order valence-corrected chi connectivity index (χ2v) is 13.8. The number of anilines is 2. The lowest BCUT2D eigenvalue weighted by Gasteiger charge is -2.45. The molecule has 0 atom stereocenters. The molecule has 6 aliphatic heterocycles. The summed E-state index contributed by atoms with van der Waals surface area (Å²) in [6, 6.07) is 9.59. The van der Waals surface area contributed by atoms with E-state index in [2.05, 4.69) is 21.9 Å². The van der Waals surface area contributed by atoms with Crippen molar-refractivity contribution in [3.05, 3.63) is 74.3 Å². The van der Waals surface area contributed by atoms with Gasteiger partial charge in [-0.3, -0.25) is 0 Å². The van der Waals surface area contributed by atoms with Crippen LogP contribution in [-0.4, -0.2) is 34.6 Å². The first kappa shape index (κ1) is 23.0. The molecule has 0 bridgehead atoms. The lowest BCUT2D eigenvalue weighted by Crippen LogP contribution is -2.40. The van der Waals surface area contributed by atoms with Crippen LogP contribution in [0.1, 0.15) is 64.6 Å². The topological polar surface area (TPSA) is 59.1 Å². The van der Waals surface area contributed by atoms with Gasteiger partial charge in [0, 0.05) is 70.4 Å². The van der Waals surface area contributed by atoms with Gasteiger partial charge in [0.1, 0.15) is 16.4 Å². The molecule has 0 fully saturated rings. The Balaban J connectivity index is 1.43. The number of ether oxygens (including phenoxy) is 1. The molecule has 0 aliphatic carbocycles. The van der Waals surface area contributed by atoms with Crippen molar-refractivity contribution in [1.29, 1.82) is 0 Å². The SMILES string of the molecule is O=S1(=O)OC2(c3ccc(Cl)cc31)c1cc3c4c(c1Oc1c2cc2c5c1CCCN5CCC2)CCCN4CCC3. The van der Waals surface area contributed by atoms with E-state index in [4.69, 9.17) is 20.5 Å². The molecular formula is C31H29ClN2O4S. The summed E-state index contributed by atoms with van der Waals surface area (Å²) < 4.78 is 41.0. The van der Waals surface area contributed by atoms with Gasteiger partial charge in [-0.15, -0.1) is 0 Å². The smallest absolute Gasteiger partial charge is 0.298 e. The average Bonchev–Trinajstić information content (AvgIpc) is 3.17. The first-order valence-electron chi connectivity index (χ1n) is 14.3. The number of hydrogen-bond acceptors (Lipinski definition) is 6. The van der Waals surface area contributed by atoms with Crippen LogP contribution in [0.5, 0.6) is 11.5 Å². The van der Waals surface area contributed by atoms with Gasteiger partial charge < -0.3 is 14.5 Å². The Morgan fingerprint density at radius 2 is 1.26 bits per heavy atom. The predicted octanol–water partition coefficient (Wildman–Crippen LogP) is 5.85. The number of benzene rings is 3. The summed E-state index contributed by atoms with van der Waals surface area (Å²) in [6.45, 7) is 4.22. The molecule has 0 radical (unpaired) electrons. The van der Waals surface area contributed by atoms with E-state index in [-0.39, 0.29) is 4.90 Å². The van der Waals surface area contributed by atoms with Crippen molar-refractivity contribution in [3.8, 4) is 11.5 Å². The molecule has 6 heterocycles. The lowest BCUT2D eigenvalue weighted by atomic mass is 9.73. The second kappa shape index (κ2) is 7.71. The van der Waals surface area contributed by atoms with Crippen molar-refractivity contribution in [2.75, 3.05) is 36.0 Å². The molecule has 0 unspecified atom stereocenters. The second-order valence-electron chi connectivity index (χ2n) is 11.8. The molecular weight excluding hydrogens is 532 g/mol. The highest BCUT2D eigenvalue weighted by Crippen LogP contribution is 2.63. The van der Waals surface area contributed by atoms with E-state index in [1.165, 1.54) is 33.6 Å². The fourth-order valence-corrected chi connectivity index (χ4v) is 9.97. The molecule has 0 N–H and O–H groups in total. The standard InChI is InChI=1S/C31H29ClN2O4S/c32-20-9-10-23-26(17-20)39(35,36)38-31(23)24-15-18-5-1-11-33-13-3-7-21(27(18)33)29(24)37-30-22-8-4-14-34-12-2-6-19(28(22)34)16-25(30)31/h9-10,15-17H,1-8,11-14H2. The molecule has 200 valence electrons. The molecule has 9 rings (SSSR count). The zero-order valence-corrected chi connectivity index (χ0v) is 23.3. The number of hydrogen-bond donors (Lipinski definition) is 0. The van der Waals surface area contributed by atoms with Crippen molar-refractivity contribution in [1.82, 2.24) is 0 Å². The van der Waals surface area contributed by atoms with Gasteiger partial charge in [0.25, 0.3) is 10.1 Å². The molecule has 39 heavy (non-hydrogen) atoms. The summed E-state index contributed by atoms with van der Waals surface area (Å²) in [5.74, 6) is 1.60. The molecule has 3 aromatic carbocycles. The molecule has 0 saturated heterocycles. The van der Waals surface area contributed by atoms with E-state index >= 15 is 0 Å². The monoisotopic (exact) mass is 560 g/mol. The number of aryl methyl sites for hydroxylation is 2. The maximum absolute atomic E-state index is 13.8. The first-order valence-corrected chi connectivity index (χ1v) is 16.1. The van der Waals surface area contributed by atoms with Gasteiger partial charge in [0.15, 0.2) is 5.60 Å². The molecule has 3 aromatic rings. The number of rotatable bonds is 0. The third-order valence-electron chi connectivity index (χ3n) is 9.73. The Labute approximate surface area is 233 Å². The van der Waals surface area contributed by atoms with E-state index < -0.39 is 15.7 Å². The quantitative estimate of drug-likeness (QED) is 0.321. The van der Waals surface area contributed by atoms with Crippen LogP contribution in [0.4, 0.5) is 11.4 Å². The van der Waals surface area contributed by atoms with Crippen LogP contribution in [0.3, 0.4) is 0 Å². The van der Waals surface area contributed by atoms with Gasteiger partial charge in [-0.1, -0.05) is 17.7 Å². The van der Waals surface area contributed by atoms with Crippen LogP contribution in [0.25, 0.3) is 0 Å². The minimum Gasteiger partial charge on any atom is -0.456 e. The Kier molecular flexibility index (Phi) is 4.55. The van der Waals surface area contributed by atoms with Crippen molar-refractivity contribution in [3.63, 3.8) is 0 Å². The van der Waals surface area contributed by atoms with Crippen LogP contribution < -0.4 is 14.5 Å². The van der Waals surface area contributed by atoms with Gasteiger partial charge in [-0.2, -0.15) is 8.42 Å². The third-order valence-corrected chi connectivity index (χ3v) is 11.3. The van der Waals surface area contributed by atoms with Crippen LogP contribution >= 0.6 is 11.6 Å². The van der Waals surface area contributed by atoms with Gasteiger partial charge in [-0.05, 0) is 86.8 Å². The molecule has 0 saturated carbocycles. The summed E-state index contributed by atoms with van der Waals surface area (Å²) in [4.78, 5) is 5.17. The number of nitrogens with zero attached hydrogens (tertiary/aromatic N) is 2. The van der Waals surface area contributed by atoms with Gasteiger partial charge in [0.05, 0.1) is 0 Å². The maximum atomic E-state index is 13.8. The van der Waals surface area contributed by atoms with Crippen molar-refractivity contribution in [2.24, 2.45) is 0 Å². The highest BCUT2D eigenvalue weighted by molar-refractivity contribution is 7.87. The molecule has 6 aliphatic rings.